The van der Waals surface area contributed by atoms with Crippen LogP contribution in [-0.2, 0) is 13.0 Å². The third kappa shape index (κ3) is 4.57. The summed E-state index contributed by atoms with van der Waals surface area (Å²) in [4.78, 5) is 2.40. The van der Waals surface area contributed by atoms with Crippen LogP contribution in [0.15, 0.2) is 48.5 Å². The van der Waals surface area contributed by atoms with Gasteiger partial charge >= 0.3 is 0 Å². The molecule has 2 aromatic rings. The summed E-state index contributed by atoms with van der Waals surface area (Å²) >= 11 is 0. The van der Waals surface area contributed by atoms with Crippen LogP contribution in [0.1, 0.15) is 24.5 Å². The number of benzene rings is 2. The zero-order valence-corrected chi connectivity index (χ0v) is 15.7. The number of likely N-dealkylation sites (tertiary alicyclic amines) is 1. The van der Waals surface area contributed by atoms with E-state index in [1.54, 1.807) is 7.11 Å². The van der Waals surface area contributed by atoms with Crippen molar-refractivity contribution in [3.63, 3.8) is 0 Å². The number of hydrogen-bond donors (Lipinski definition) is 1. The second-order valence-corrected chi connectivity index (χ2v) is 6.94. The van der Waals surface area contributed by atoms with Crippen molar-refractivity contribution < 1.29 is 14.6 Å². The van der Waals surface area contributed by atoms with Gasteiger partial charge in [-0.15, -0.1) is 0 Å². The number of ether oxygens (including phenoxy) is 2. The van der Waals surface area contributed by atoms with Gasteiger partial charge in [0, 0.05) is 19.0 Å². The minimum Gasteiger partial charge on any atom is -0.493 e. The molecule has 26 heavy (non-hydrogen) atoms. The lowest BCUT2D eigenvalue weighted by Crippen LogP contribution is -2.43. The highest BCUT2D eigenvalue weighted by molar-refractivity contribution is 5.47. The van der Waals surface area contributed by atoms with Crippen LogP contribution in [0.5, 0.6) is 11.5 Å². The minimum atomic E-state index is -0.258. The van der Waals surface area contributed by atoms with Crippen LogP contribution >= 0.6 is 0 Å². The van der Waals surface area contributed by atoms with Gasteiger partial charge in [0.15, 0.2) is 11.5 Å². The van der Waals surface area contributed by atoms with Gasteiger partial charge in [-0.2, -0.15) is 0 Å². The van der Waals surface area contributed by atoms with Gasteiger partial charge in [0.25, 0.3) is 0 Å². The molecule has 3 rings (SSSR count). The normalized spacial score (nSPS) is 20.7. The average molecular weight is 355 g/mol. The van der Waals surface area contributed by atoms with E-state index in [0.717, 1.165) is 55.1 Å². The highest BCUT2D eigenvalue weighted by atomic mass is 16.5. The zero-order valence-electron chi connectivity index (χ0n) is 15.7. The summed E-state index contributed by atoms with van der Waals surface area (Å²) in [6, 6.07) is 16.1. The second kappa shape index (κ2) is 9.06. The molecule has 1 aliphatic rings. The Hall–Kier alpha value is -2.04. The number of hydrogen-bond acceptors (Lipinski definition) is 4. The van der Waals surface area contributed by atoms with Gasteiger partial charge < -0.3 is 19.5 Å². The monoisotopic (exact) mass is 355 g/mol. The molecule has 140 valence electrons. The summed E-state index contributed by atoms with van der Waals surface area (Å²) in [6.07, 6.45) is 1.37. The van der Waals surface area contributed by atoms with Gasteiger partial charge in [0.05, 0.1) is 13.2 Å². The molecule has 2 aromatic carbocycles. The molecule has 0 bridgehead atoms. The third-order valence-corrected chi connectivity index (χ3v) is 5.21. The molecule has 1 saturated heterocycles. The molecule has 0 radical (unpaired) electrons. The van der Waals surface area contributed by atoms with E-state index in [1.807, 2.05) is 30.3 Å². The molecule has 1 heterocycles. The molecule has 1 fully saturated rings. The van der Waals surface area contributed by atoms with Crippen molar-refractivity contribution in [3.05, 3.63) is 59.7 Å². The Morgan fingerprint density at radius 1 is 1.12 bits per heavy atom. The van der Waals surface area contributed by atoms with E-state index in [2.05, 4.69) is 30.0 Å². The maximum atomic E-state index is 10.5. The highest BCUT2D eigenvalue weighted by Gasteiger charge is 2.28. The van der Waals surface area contributed by atoms with E-state index < -0.39 is 0 Å². The number of rotatable bonds is 7. The number of para-hydroxylation sites is 1. The van der Waals surface area contributed by atoms with Crippen molar-refractivity contribution in [1.82, 2.24) is 4.90 Å². The predicted octanol–water partition coefficient (Wildman–Crippen LogP) is 3.52. The summed E-state index contributed by atoms with van der Waals surface area (Å²) < 4.78 is 11.7. The van der Waals surface area contributed by atoms with E-state index in [9.17, 15) is 5.11 Å². The summed E-state index contributed by atoms with van der Waals surface area (Å²) in [6.45, 7) is 5.60. The predicted molar refractivity (Wildman–Crippen MR) is 104 cm³/mol. The Morgan fingerprint density at radius 2 is 1.92 bits per heavy atom. The molecule has 0 spiro atoms. The van der Waals surface area contributed by atoms with Crippen LogP contribution in [0.3, 0.4) is 0 Å². The van der Waals surface area contributed by atoms with Crippen LogP contribution in [0.2, 0.25) is 0 Å². The molecule has 0 aromatic heterocycles. The Kier molecular flexibility index (Phi) is 6.53. The first-order valence-corrected chi connectivity index (χ1v) is 9.44. The fourth-order valence-corrected chi connectivity index (χ4v) is 3.64. The van der Waals surface area contributed by atoms with Crippen molar-refractivity contribution in [2.45, 2.75) is 32.5 Å². The van der Waals surface area contributed by atoms with Crippen LogP contribution in [0, 0.1) is 5.92 Å². The molecule has 4 heteroatoms. The average Bonchev–Trinajstić information content (AvgIpc) is 2.69. The van der Waals surface area contributed by atoms with E-state index in [1.165, 1.54) is 0 Å². The van der Waals surface area contributed by atoms with Crippen molar-refractivity contribution in [2.75, 3.05) is 26.7 Å². The first-order valence-electron chi connectivity index (χ1n) is 9.44. The molecule has 0 saturated carbocycles. The van der Waals surface area contributed by atoms with Crippen LogP contribution in [-0.4, -0.2) is 42.9 Å². The maximum absolute atomic E-state index is 10.5. The summed E-state index contributed by atoms with van der Waals surface area (Å²) in [5.74, 6) is 1.76. The van der Waals surface area contributed by atoms with Crippen molar-refractivity contribution in [3.8, 4) is 11.5 Å². The third-order valence-electron chi connectivity index (χ3n) is 5.21. The standard InChI is InChI=1S/C22H29NO3/c1-3-23-13-12-20(24)19(15-23)14-18-10-7-11-21(25-2)22(18)26-16-17-8-5-4-6-9-17/h4-11,19-20,24H,3,12-16H2,1-2H3. The molecular formula is C22H29NO3. The Balaban J connectivity index is 1.77. The highest BCUT2D eigenvalue weighted by Crippen LogP contribution is 2.34. The van der Waals surface area contributed by atoms with Gasteiger partial charge in [0.2, 0.25) is 0 Å². The molecule has 0 aliphatic carbocycles. The quantitative estimate of drug-likeness (QED) is 0.825. The molecule has 2 atom stereocenters. The van der Waals surface area contributed by atoms with Crippen LogP contribution in [0.4, 0.5) is 0 Å². The fourth-order valence-electron chi connectivity index (χ4n) is 3.64. The number of methoxy groups -OCH3 is 1. The lowest BCUT2D eigenvalue weighted by Gasteiger charge is -2.36. The summed E-state index contributed by atoms with van der Waals surface area (Å²) in [5.41, 5.74) is 2.22. The van der Waals surface area contributed by atoms with Gasteiger partial charge in [-0.1, -0.05) is 49.4 Å². The summed E-state index contributed by atoms with van der Waals surface area (Å²) in [7, 11) is 1.67. The second-order valence-electron chi connectivity index (χ2n) is 6.94. The molecule has 0 amide bonds. The lowest BCUT2D eigenvalue weighted by molar-refractivity contribution is 0.0287. The summed E-state index contributed by atoms with van der Waals surface area (Å²) in [5, 5.41) is 10.5. The van der Waals surface area contributed by atoms with E-state index in [-0.39, 0.29) is 12.0 Å². The molecule has 1 aliphatic heterocycles. The lowest BCUT2D eigenvalue weighted by atomic mass is 9.88. The van der Waals surface area contributed by atoms with Gasteiger partial charge in [-0.05, 0) is 36.6 Å². The van der Waals surface area contributed by atoms with Crippen LogP contribution in [0.25, 0.3) is 0 Å². The largest absolute Gasteiger partial charge is 0.493 e. The fraction of sp³-hybridized carbons (Fsp3) is 0.455. The maximum Gasteiger partial charge on any atom is 0.164 e. The number of aliphatic hydroxyl groups excluding tert-OH is 1. The SMILES string of the molecule is CCN1CCC(O)C(Cc2cccc(OC)c2OCc2ccccc2)C1. The first kappa shape index (κ1) is 18.7. The van der Waals surface area contributed by atoms with Gasteiger partial charge in [-0.3, -0.25) is 0 Å². The zero-order chi connectivity index (χ0) is 18.4. The van der Waals surface area contributed by atoms with E-state index in [0.29, 0.717) is 6.61 Å². The number of nitrogens with zero attached hydrogens (tertiary/aromatic N) is 1. The van der Waals surface area contributed by atoms with Gasteiger partial charge in [0.1, 0.15) is 6.61 Å². The topological polar surface area (TPSA) is 41.9 Å². The molecule has 2 unspecified atom stereocenters. The Labute approximate surface area is 156 Å². The Bertz CT molecular complexity index is 689. The van der Waals surface area contributed by atoms with E-state index >= 15 is 0 Å². The van der Waals surface area contributed by atoms with Crippen molar-refractivity contribution in [1.29, 1.82) is 0 Å². The molecular weight excluding hydrogens is 326 g/mol. The van der Waals surface area contributed by atoms with Gasteiger partial charge in [-0.25, -0.2) is 0 Å². The van der Waals surface area contributed by atoms with Crippen molar-refractivity contribution in [2.24, 2.45) is 5.92 Å². The number of aliphatic hydroxyl groups is 1. The molecule has 4 nitrogen and oxygen atoms in total. The van der Waals surface area contributed by atoms with Crippen LogP contribution < -0.4 is 9.47 Å². The van der Waals surface area contributed by atoms with E-state index in [4.69, 9.17) is 9.47 Å². The Morgan fingerprint density at radius 3 is 2.65 bits per heavy atom. The van der Waals surface area contributed by atoms with Crippen molar-refractivity contribution >= 4 is 0 Å². The smallest absolute Gasteiger partial charge is 0.164 e. The minimum absolute atomic E-state index is 0.217. The number of piperidine rings is 1. The first-order chi connectivity index (χ1) is 12.7. The molecule has 1 N–H and O–H groups in total.